The number of hydrogen-bond acceptors (Lipinski definition) is 7. The second kappa shape index (κ2) is 9.80. The minimum atomic E-state index is -4.09. The van der Waals surface area contributed by atoms with Crippen LogP contribution >= 0.6 is 11.8 Å². The summed E-state index contributed by atoms with van der Waals surface area (Å²) < 4.78 is 37.4. The summed E-state index contributed by atoms with van der Waals surface area (Å²) in [4.78, 5) is 25.1. The van der Waals surface area contributed by atoms with E-state index in [-0.39, 0.29) is 22.8 Å². The van der Waals surface area contributed by atoms with Crippen molar-refractivity contribution in [3.05, 3.63) is 53.6 Å². The molecule has 0 aliphatic rings. The highest BCUT2D eigenvalue weighted by atomic mass is 32.2. The first-order valence-electron chi connectivity index (χ1n) is 8.76. The van der Waals surface area contributed by atoms with Gasteiger partial charge in [-0.1, -0.05) is 6.07 Å². The molecule has 0 radical (unpaired) electrons. The van der Waals surface area contributed by atoms with E-state index in [1.54, 1.807) is 32.0 Å². The van der Waals surface area contributed by atoms with Gasteiger partial charge in [-0.15, -0.1) is 11.8 Å². The van der Waals surface area contributed by atoms with Gasteiger partial charge in [0.2, 0.25) is 0 Å². The van der Waals surface area contributed by atoms with E-state index in [9.17, 15) is 18.0 Å². The van der Waals surface area contributed by atoms with Crippen LogP contribution in [0.2, 0.25) is 0 Å². The third kappa shape index (κ3) is 5.10. The SMILES string of the molecule is CCOC(=O)CN(c1cccc(C(=O)OC)c1C)S(=O)(=O)c1ccc(SC)cc1. The number of hydrogen-bond donors (Lipinski definition) is 0. The number of nitrogens with zero attached hydrogens (tertiary/aromatic N) is 1. The quantitative estimate of drug-likeness (QED) is 0.462. The number of benzene rings is 2. The average Bonchev–Trinajstić information content (AvgIpc) is 2.72. The molecule has 29 heavy (non-hydrogen) atoms. The molecule has 0 aliphatic carbocycles. The monoisotopic (exact) mass is 437 g/mol. The molecule has 0 heterocycles. The Morgan fingerprint density at radius 1 is 1.10 bits per heavy atom. The van der Waals surface area contributed by atoms with Gasteiger partial charge in [-0.05, 0) is 62.1 Å². The third-order valence-corrected chi connectivity index (χ3v) is 6.72. The Morgan fingerprint density at radius 3 is 2.31 bits per heavy atom. The molecule has 0 amide bonds. The standard InChI is InChI=1S/C20H23NO6S2/c1-5-27-19(22)13-21(18-8-6-7-17(14(18)2)20(23)26-3)29(24,25)16-11-9-15(28-4)10-12-16/h6-12H,5,13H2,1-4H3. The number of esters is 2. The van der Waals surface area contributed by atoms with Gasteiger partial charge < -0.3 is 9.47 Å². The van der Waals surface area contributed by atoms with Gasteiger partial charge in [-0.2, -0.15) is 0 Å². The fourth-order valence-corrected chi connectivity index (χ4v) is 4.60. The molecule has 2 rings (SSSR count). The van der Waals surface area contributed by atoms with Gasteiger partial charge in [0.15, 0.2) is 0 Å². The molecule has 0 saturated carbocycles. The smallest absolute Gasteiger partial charge is 0.338 e. The van der Waals surface area contributed by atoms with E-state index in [4.69, 9.17) is 9.47 Å². The molecule has 156 valence electrons. The lowest BCUT2D eigenvalue weighted by molar-refractivity contribution is -0.141. The zero-order valence-electron chi connectivity index (χ0n) is 16.7. The Balaban J connectivity index is 2.61. The van der Waals surface area contributed by atoms with Crippen LogP contribution in [-0.4, -0.2) is 46.9 Å². The Labute approximate surface area is 175 Å². The number of carbonyl (C=O) groups excluding carboxylic acids is 2. The van der Waals surface area contributed by atoms with Gasteiger partial charge in [0.25, 0.3) is 10.0 Å². The largest absolute Gasteiger partial charge is 0.465 e. The summed E-state index contributed by atoms with van der Waals surface area (Å²) in [6.07, 6.45) is 1.89. The predicted octanol–water partition coefficient (Wildman–Crippen LogP) is 3.26. The molecule has 0 spiro atoms. The lowest BCUT2D eigenvalue weighted by Gasteiger charge is -2.26. The maximum absolute atomic E-state index is 13.4. The molecule has 0 saturated heterocycles. The van der Waals surface area contributed by atoms with E-state index < -0.39 is 28.5 Å². The van der Waals surface area contributed by atoms with Crippen molar-refractivity contribution < 1.29 is 27.5 Å². The minimum Gasteiger partial charge on any atom is -0.465 e. The molecule has 0 N–H and O–H groups in total. The van der Waals surface area contributed by atoms with Crippen LogP contribution in [0.15, 0.2) is 52.3 Å². The number of thioether (sulfide) groups is 1. The fourth-order valence-electron chi connectivity index (χ4n) is 2.72. The van der Waals surface area contributed by atoms with Crippen molar-refractivity contribution in [2.75, 3.05) is 30.8 Å². The molecule has 2 aromatic carbocycles. The maximum atomic E-state index is 13.4. The highest BCUT2D eigenvalue weighted by Crippen LogP contribution is 2.30. The molecule has 7 nitrogen and oxygen atoms in total. The Hall–Kier alpha value is -2.52. The van der Waals surface area contributed by atoms with E-state index in [1.165, 1.54) is 43.1 Å². The zero-order valence-corrected chi connectivity index (χ0v) is 18.3. The van der Waals surface area contributed by atoms with Gasteiger partial charge in [0.1, 0.15) is 6.54 Å². The van der Waals surface area contributed by atoms with Gasteiger partial charge in [-0.3, -0.25) is 9.10 Å². The summed E-state index contributed by atoms with van der Waals surface area (Å²) in [6.45, 7) is 2.84. The summed E-state index contributed by atoms with van der Waals surface area (Å²) in [5.41, 5.74) is 0.801. The van der Waals surface area contributed by atoms with Crippen molar-refractivity contribution in [1.29, 1.82) is 0 Å². The second-order valence-electron chi connectivity index (χ2n) is 5.93. The van der Waals surface area contributed by atoms with Crippen LogP contribution in [0.3, 0.4) is 0 Å². The molecule has 0 aromatic heterocycles. The Kier molecular flexibility index (Phi) is 7.69. The van der Waals surface area contributed by atoms with Crippen molar-refractivity contribution in [3.8, 4) is 0 Å². The highest BCUT2D eigenvalue weighted by Gasteiger charge is 2.30. The maximum Gasteiger partial charge on any atom is 0.338 e. The molecule has 0 fully saturated rings. The number of carbonyl (C=O) groups is 2. The lowest BCUT2D eigenvalue weighted by Crippen LogP contribution is -2.37. The first kappa shape index (κ1) is 22.8. The van der Waals surface area contributed by atoms with Crippen molar-refractivity contribution in [2.24, 2.45) is 0 Å². The average molecular weight is 438 g/mol. The minimum absolute atomic E-state index is 0.0301. The van der Waals surface area contributed by atoms with Crippen molar-refractivity contribution in [3.63, 3.8) is 0 Å². The number of rotatable bonds is 8. The molecular weight excluding hydrogens is 414 g/mol. The van der Waals surface area contributed by atoms with E-state index in [2.05, 4.69) is 0 Å². The Morgan fingerprint density at radius 2 is 1.76 bits per heavy atom. The second-order valence-corrected chi connectivity index (χ2v) is 8.68. The van der Waals surface area contributed by atoms with Crippen LogP contribution in [0.4, 0.5) is 5.69 Å². The summed E-state index contributed by atoms with van der Waals surface area (Å²) in [5.74, 6) is -1.29. The van der Waals surface area contributed by atoms with Gasteiger partial charge in [0, 0.05) is 4.90 Å². The van der Waals surface area contributed by atoms with Crippen molar-refractivity contribution in [2.45, 2.75) is 23.6 Å². The molecular formula is C20H23NO6S2. The van der Waals surface area contributed by atoms with E-state index in [0.717, 1.165) is 9.20 Å². The first-order chi connectivity index (χ1) is 13.8. The molecule has 0 aliphatic heterocycles. The molecule has 0 bridgehead atoms. The number of ether oxygens (including phenoxy) is 2. The molecule has 9 heteroatoms. The van der Waals surface area contributed by atoms with Crippen molar-refractivity contribution >= 4 is 39.4 Å². The number of methoxy groups -OCH3 is 1. The summed E-state index contributed by atoms with van der Waals surface area (Å²) in [5, 5.41) is 0. The molecule has 0 atom stereocenters. The van der Waals surface area contributed by atoms with Crippen LogP contribution < -0.4 is 4.31 Å². The van der Waals surface area contributed by atoms with Crippen LogP contribution in [0, 0.1) is 6.92 Å². The van der Waals surface area contributed by atoms with Crippen LogP contribution in [0.1, 0.15) is 22.8 Å². The molecule has 0 unspecified atom stereocenters. The lowest BCUT2D eigenvalue weighted by atomic mass is 10.1. The highest BCUT2D eigenvalue weighted by molar-refractivity contribution is 7.98. The number of sulfonamides is 1. The zero-order chi connectivity index (χ0) is 21.6. The van der Waals surface area contributed by atoms with E-state index >= 15 is 0 Å². The van der Waals surface area contributed by atoms with Crippen LogP contribution in [-0.2, 0) is 24.3 Å². The number of anilines is 1. The third-order valence-electron chi connectivity index (χ3n) is 4.20. The van der Waals surface area contributed by atoms with Crippen LogP contribution in [0.25, 0.3) is 0 Å². The van der Waals surface area contributed by atoms with Gasteiger partial charge >= 0.3 is 11.9 Å². The summed E-state index contributed by atoms with van der Waals surface area (Å²) in [7, 11) is -2.85. The fraction of sp³-hybridized carbons (Fsp3) is 0.300. The summed E-state index contributed by atoms with van der Waals surface area (Å²) in [6, 6.07) is 11.0. The topological polar surface area (TPSA) is 90.0 Å². The first-order valence-corrected chi connectivity index (χ1v) is 11.4. The van der Waals surface area contributed by atoms with Gasteiger partial charge in [0.05, 0.1) is 29.9 Å². The normalized spacial score (nSPS) is 11.0. The van der Waals surface area contributed by atoms with Crippen molar-refractivity contribution in [1.82, 2.24) is 0 Å². The molecule has 2 aromatic rings. The van der Waals surface area contributed by atoms with E-state index in [1.807, 2.05) is 6.26 Å². The predicted molar refractivity (Wildman–Crippen MR) is 112 cm³/mol. The van der Waals surface area contributed by atoms with Crippen LogP contribution in [0.5, 0.6) is 0 Å². The summed E-state index contributed by atoms with van der Waals surface area (Å²) >= 11 is 1.49. The van der Waals surface area contributed by atoms with E-state index in [0.29, 0.717) is 5.56 Å². The van der Waals surface area contributed by atoms with Gasteiger partial charge in [-0.25, -0.2) is 13.2 Å². The Bertz CT molecular complexity index is 987.